The molecule has 2 aromatic heterocycles. The minimum absolute atomic E-state index is 0.713. The molecule has 3 nitrogen and oxygen atoms in total. The molecule has 0 amide bonds. The average molecular weight is 173 g/mol. The lowest BCUT2D eigenvalue weighted by molar-refractivity contribution is 0.404. The molecule has 1 aliphatic carbocycles. The molecule has 0 aliphatic heterocycles. The van der Waals surface area contributed by atoms with E-state index in [0.717, 1.165) is 5.65 Å². The molecular weight excluding hydrogens is 162 g/mol. The zero-order chi connectivity index (χ0) is 8.67. The van der Waals surface area contributed by atoms with Crippen LogP contribution < -0.4 is 0 Å². The van der Waals surface area contributed by atoms with Gasteiger partial charge in [-0.05, 0) is 18.9 Å². The minimum Gasteiger partial charge on any atom is -0.237 e. The van der Waals surface area contributed by atoms with E-state index in [9.17, 15) is 0 Å². The van der Waals surface area contributed by atoms with Crippen LogP contribution in [-0.2, 0) is 0 Å². The van der Waals surface area contributed by atoms with E-state index in [1.165, 1.54) is 25.0 Å². The summed E-state index contributed by atoms with van der Waals surface area (Å²) < 4.78 is 1.96. The fraction of sp³-hybridized carbons (Fsp3) is 0.400. The molecule has 13 heavy (non-hydrogen) atoms. The van der Waals surface area contributed by atoms with Crippen molar-refractivity contribution in [3.8, 4) is 0 Å². The second-order valence-electron chi connectivity index (χ2n) is 3.60. The molecule has 0 unspecified atom stereocenters. The largest absolute Gasteiger partial charge is 0.237 e. The Morgan fingerprint density at radius 1 is 1.23 bits per heavy atom. The Kier molecular flexibility index (Phi) is 1.39. The fourth-order valence-electron chi connectivity index (χ4n) is 1.87. The van der Waals surface area contributed by atoms with E-state index in [1.54, 1.807) is 0 Å². The molecule has 0 spiro atoms. The van der Waals surface area contributed by atoms with Gasteiger partial charge in [-0.15, -0.1) is 0 Å². The summed E-state index contributed by atoms with van der Waals surface area (Å²) in [6, 6.07) is 4.03. The quantitative estimate of drug-likeness (QED) is 0.660. The molecule has 0 aromatic carbocycles. The number of rotatable bonds is 1. The third kappa shape index (κ3) is 0.963. The molecule has 0 N–H and O–H groups in total. The molecule has 1 aliphatic rings. The van der Waals surface area contributed by atoms with Gasteiger partial charge in [0.15, 0.2) is 5.65 Å². The van der Waals surface area contributed by atoms with Gasteiger partial charge in [0.05, 0.1) is 6.20 Å². The third-order valence-corrected chi connectivity index (χ3v) is 2.84. The van der Waals surface area contributed by atoms with Crippen molar-refractivity contribution in [3.05, 3.63) is 30.2 Å². The van der Waals surface area contributed by atoms with Crippen molar-refractivity contribution in [2.24, 2.45) is 0 Å². The van der Waals surface area contributed by atoms with Crippen molar-refractivity contribution in [2.75, 3.05) is 0 Å². The number of fused-ring (bicyclic) bond motifs is 1. The zero-order valence-corrected chi connectivity index (χ0v) is 7.35. The smallest absolute Gasteiger partial charge is 0.155 e. The average Bonchev–Trinajstić information content (AvgIpc) is 2.49. The van der Waals surface area contributed by atoms with Crippen LogP contribution in [0, 0.1) is 0 Å². The minimum atomic E-state index is 0.713. The Morgan fingerprint density at radius 2 is 2.15 bits per heavy atom. The summed E-state index contributed by atoms with van der Waals surface area (Å²) in [5.74, 6) is 0.713. The Labute approximate surface area is 76.4 Å². The van der Waals surface area contributed by atoms with Crippen LogP contribution in [0.3, 0.4) is 0 Å². The van der Waals surface area contributed by atoms with Crippen molar-refractivity contribution in [2.45, 2.75) is 25.2 Å². The Balaban J connectivity index is 2.20. The molecule has 1 saturated carbocycles. The molecule has 66 valence electrons. The molecule has 0 atom stereocenters. The lowest BCUT2D eigenvalue weighted by Gasteiger charge is -2.25. The van der Waals surface area contributed by atoms with Gasteiger partial charge in [-0.3, -0.25) is 0 Å². The molecule has 0 radical (unpaired) electrons. The van der Waals surface area contributed by atoms with Gasteiger partial charge >= 0.3 is 0 Å². The van der Waals surface area contributed by atoms with Crippen molar-refractivity contribution >= 4 is 5.65 Å². The Morgan fingerprint density at radius 3 is 2.92 bits per heavy atom. The number of aromatic nitrogens is 3. The van der Waals surface area contributed by atoms with Gasteiger partial charge in [0.2, 0.25) is 0 Å². The van der Waals surface area contributed by atoms with Crippen LogP contribution >= 0.6 is 0 Å². The van der Waals surface area contributed by atoms with E-state index in [-0.39, 0.29) is 0 Å². The predicted molar refractivity (Wildman–Crippen MR) is 49.6 cm³/mol. The summed E-state index contributed by atoms with van der Waals surface area (Å²) in [6.45, 7) is 0. The number of hydrogen-bond donors (Lipinski definition) is 0. The van der Waals surface area contributed by atoms with Crippen molar-refractivity contribution < 1.29 is 0 Å². The van der Waals surface area contributed by atoms with Gasteiger partial charge in [0.1, 0.15) is 0 Å². The van der Waals surface area contributed by atoms with E-state index in [0.29, 0.717) is 5.92 Å². The van der Waals surface area contributed by atoms with Crippen LogP contribution in [0.1, 0.15) is 30.9 Å². The zero-order valence-electron chi connectivity index (χ0n) is 7.35. The van der Waals surface area contributed by atoms with Crippen molar-refractivity contribution in [3.63, 3.8) is 0 Å². The summed E-state index contributed by atoms with van der Waals surface area (Å²) in [5.41, 5.74) is 2.28. The van der Waals surface area contributed by atoms with Crippen molar-refractivity contribution in [1.82, 2.24) is 14.6 Å². The SMILES string of the molecule is c1cc(C2CCC2)n2nccc2n1. The van der Waals surface area contributed by atoms with Gasteiger partial charge in [0, 0.05) is 23.9 Å². The van der Waals surface area contributed by atoms with Crippen LogP contribution in [0.15, 0.2) is 24.5 Å². The summed E-state index contributed by atoms with van der Waals surface area (Å²) in [4.78, 5) is 4.24. The summed E-state index contributed by atoms with van der Waals surface area (Å²) in [7, 11) is 0. The van der Waals surface area contributed by atoms with Gasteiger partial charge in [-0.2, -0.15) is 5.10 Å². The van der Waals surface area contributed by atoms with Crippen LogP contribution in [0.25, 0.3) is 5.65 Å². The summed E-state index contributed by atoms with van der Waals surface area (Å²) in [6.07, 6.45) is 7.66. The highest BCUT2D eigenvalue weighted by molar-refractivity contribution is 5.37. The van der Waals surface area contributed by atoms with E-state index in [4.69, 9.17) is 0 Å². The van der Waals surface area contributed by atoms with Crippen molar-refractivity contribution in [1.29, 1.82) is 0 Å². The molecular formula is C10H11N3. The van der Waals surface area contributed by atoms with Crippen LogP contribution in [-0.4, -0.2) is 14.6 Å². The molecule has 0 saturated heterocycles. The monoisotopic (exact) mass is 173 g/mol. The number of hydrogen-bond acceptors (Lipinski definition) is 2. The highest BCUT2D eigenvalue weighted by Crippen LogP contribution is 2.35. The maximum Gasteiger partial charge on any atom is 0.155 e. The number of nitrogens with zero attached hydrogens (tertiary/aromatic N) is 3. The maximum absolute atomic E-state index is 4.28. The Hall–Kier alpha value is -1.38. The highest BCUT2D eigenvalue weighted by Gasteiger charge is 2.21. The molecule has 3 rings (SSSR count). The van der Waals surface area contributed by atoms with E-state index in [2.05, 4.69) is 16.1 Å². The van der Waals surface area contributed by atoms with Crippen LogP contribution in [0.5, 0.6) is 0 Å². The first-order valence-electron chi connectivity index (χ1n) is 4.74. The molecule has 2 heterocycles. The topological polar surface area (TPSA) is 30.2 Å². The predicted octanol–water partition coefficient (Wildman–Crippen LogP) is 2.00. The van der Waals surface area contributed by atoms with Crippen LogP contribution in [0.4, 0.5) is 0 Å². The molecule has 0 bridgehead atoms. The first kappa shape index (κ1) is 7.06. The Bertz CT molecular complexity index is 428. The van der Waals surface area contributed by atoms with Gasteiger partial charge in [-0.1, -0.05) is 6.42 Å². The molecule has 1 fully saturated rings. The standard InChI is InChI=1S/C10H11N3/c1-2-8(3-1)9-4-6-11-10-5-7-12-13(9)10/h4-8H,1-3H2. The second kappa shape index (κ2) is 2.55. The van der Waals surface area contributed by atoms with E-state index in [1.807, 2.05) is 23.0 Å². The lowest BCUT2D eigenvalue weighted by Crippen LogP contribution is -2.13. The van der Waals surface area contributed by atoms with Gasteiger partial charge in [-0.25, -0.2) is 9.50 Å². The lowest BCUT2D eigenvalue weighted by atomic mass is 9.83. The fourth-order valence-corrected chi connectivity index (χ4v) is 1.87. The highest BCUT2D eigenvalue weighted by atomic mass is 15.2. The molecule has 2 aromatic rings. The first-order valence-corrected chi connectivity index (χ1v) is 4.74. The van der Waals surface area contributed by atoms with Gasteiger partial charge < -0.3 is 0 Å². The van der Waals surface area contributed by atoms with Crippen LogP contribution in [0.2, 0.25) is 0 Å². The normalized spacial score (nSPS) is 17.5. The van der Waals surface area contributed by atoms with Gasteiger partial charge in [0.25, 0.3) is 0 Å². The molecule has 3 heteroatoms. The maximum atomic E-state index is 4.28. The summed E-state index contributed by atoms with van der Waals surface area (Å²) in [5, 5.41) is 4.28. The van der Waals surface area contributed by atoms with E-state index < -0.39 is 0 Å². The second-order valence-corrected chi connectivity index (χ2v) is 3.60. The summed E-state index contributed by atoms with van der Waals surface area (Å²) >= 11 is 0. The first-order chi connectivity index (χ1) is 6.45. The third-order valence-electron chi connectivity index (χ3n) is 2.84. The van der Waals surface area contributed by atoms with E-state index >= 15 is 0 Å².